The maximum atomic E-state index is 13.7. The summed E-state index contributed by atoms with van der Waals surface area (Å²) in [6.07, 6.45) is 5.91. The zero-order valence-electron chi connectivity index (χ0n) is 12.0. The third-order valence-electron chi connectivity index (χ3n) is 3.85. The average Bonchev–Trinajstić information content (AvgIpc) is 2.45. The molecular formula is C16H23BrFNO. The normalized spacial score (nSPS) is 22.9. The summed E-state index contributed by atoms with van der Waals surface area (Å²) < 4.78 is 20.3. The maximum absolute atomic E-state index is 13.7. The van der Waals surface area contributed by atoms with Crippen molar-refractivity contribution < 1.29 is 9.13 Å². The average molecular weight is 344 g/mol. The first-order chi connectivity index (χ1) is 9.69. The molecule has 4 heteroatoms. The van der Waals surface area contributed by atoms with Crippen LogP contribution >= 0.6 is 15.9 Å². The van der Waals surface area contributed by atoms with Crippen LogP contribution in [0.4, 0.5) is 4.39 Å². The molecule has 112 valence electrons. The molecule has 0 unspecified atom stereocenters. The van der Waals surface area contributed by atoms with E-state index in [1.807, 2.05) is 6.07 Å². The van der Waals surface area contributed by atoms with E-state index in [9.17, 15) is 4.39 Å². The lowest BCUT2D eigenvalue weighted by Crippen LogP contribution is -2.35. The van der Waals surface area contributed by atoms with Crippen molar-refractivity contribution in [3.8, 4) is 0 Å². The molecule has 1 aliphatic rings. The van der Waals surface area contributed by atoms with Crippen LogP contribution in [-0.4, -0.2) is 18.7 Å². The second-order valence-electron chi connectivity index (χ2n) is 5.47. The molecule has 0 spiro atoms. The SMILES string of the molecule is CCCNC1CCC(OCc2ccc(Br)cc2F)CC1. The van der Waals surface area contributed by atoms with Crippen molar-refractivity contribution in [3.05, 3.63) is 34.1 Å². The summed E-state index contributed by atoms with van der Waals surface area (Å²) in [7, 11) is 0. The number of halogens is 2. The van der Waals surface area contributed by atoms with Gasteiger partial charge in [0.25, 0.3) is 0 Å². The topological polar surface area (TPSA) is 21.3 Å². The summed E-state index contributed by atoms with van der Waals surface area (Å²) in [6.45, 7) is 3.66. The summed E-state index contributed by atoms with van der Waals surface area (Å²) in [5.74, 6) is -0.197. The Kier molecular flexibility index (Phi) is 6.46. The van der Waals surface area contributed by atoms with Crippen LogP contribution in [0.3, 0.4) is 0 Å². The molecule has 0 atom stereocenters. The van der Waals surface area contributed by atoms with Crippen molar-refractivity contribution in [2.45, 2.75) is 57.8 Å². The first-order valence-electron chi connectivity index (χ1n) is 7.48. The predicted molar refractivity (Wildman–Crippen MR) is 83.2 cm³/mol. The van der Waals surface area contributed by atoms with E-state index in [2.05, 4.69) is 28.2 Å². The van der Waals surface area contributed by atoms with E-state index in [0.29, 0.717) is 18.2 Å². The van der Waals surface area contributed by atoms with Crippen molar-refractivity contribution in [2.24, 2.45) is 0 Å². The molecule has 2 nitrogen and oxygen atoms in total. The van der Waals surface area contributed by atoms with E-state index in [1.165, 1.54) is 12.5 Å². The van der Waals surface area contributed by atoms with Gasteiger partial charge in [-0.3, -0.25) is 0 Å². The summed E-state index contributed by atoms with van der Waals surface area (Å²) >= 11 is 3.26. The molecule has 1 aromatic rings. The number of rotatable bonds is 6. The van der Waals surface area contributed by atoms with Crippen molar-refractivity contribution >= 4 is 15.9 Å². The zero-order chi connectivity index (χ0) is 14.4. The highest BCUT2D eigenvalue weighted by atomic mass is 79.9. The number of nitrogens with one attached hydrogen (secondary N) is 1. The van der Waals surface area contributed by atoms with E-state index in [4.69, 9.17) is 4.74 Å². The Balaban J connectivity index is 1.73. The molecule has 0 aliphatic heterocycles. The molecule has 2 rings (SSSR count). The van der Waals surface area contributed by atoms with Gasteiger partial charge in [0.1, 0.15) is 5.82 Å². The molecule has 0 aromatic heterocycles. The van der Waals surface area contributed by atoms with Crippen molar-refractivity contribution in [2.75, 3.05) is 6.54 Å². The van der Waals surface area contributed by atoms with Crippen LogP contribution in [-0.2, 0) is 11.3 Å². The van der Waals surface area contributed by atoms with Crippen LogP contribution < -0.4 is 5.32 Å². The minimum Gasteiger partial charge on any atom is -0.373 e. The van der Waals surface area contributed by atoms with Gasteiger partial charge in [-0.25, -0.2) is 4.39 Å². The lowest BCUT2D eigenvalue weighted by Gasteiger charge is -2.29. The van der Waals surface area contributed by atoms with Crippen molar-refractivity contribution in [1.29, 1.82) is 0 Å². The maximum Gasteiger partial charge on any atom is 0.129 e. The van der Waals surface area contributed by atoms with Gasteiger partial charge >= 0.3 is 0 Å². The fourth-order valence-electron chi connectivity index (χ4n) is 2.63. The van der Waals surface area contributed by atoms with E-state index < -0.39 is 0 Å². The second kappa shape index (κ2) is 8.11. The third-order valence-corrected chi connectivity index (χ3v) is 4.34. The van der Waals surface area contributed by atoms with Gasteiger partial charge in [0.15, 0.2) is 0 Å². The Morgan fingerprint density at radius 3 is 2.70 bits per heavy atom. The Labute approximate surface area is 129 Å². The zero-order valence-corrected chi connectivity index (χ0v) is 13.6. The van der Waals surface area contributed by atoms with Gasteiger partial charge in [0.2, 0.25) is 0 Å². The van der Waals surface area contributed by atoms with E-state index >= 15 is 0 Å². The molecule has 0 heterocycles. The standard InChI is InChI=1S/C16H23BrFNO/c1-2-9-19-14-5-7-15(8-6-14)20-11-12-3-4-13(17)10-16(12)18/h3-4,10,14-15,19H,2,5-9,11H2,1H3. The van der Waals surface area contributed by atoms with Crippen LogP contribution in [0.1, 0.15) is 44.6 Å². The van der Waals surface area contributed by atoms with Crippen molar-refractivity contribution in [1.82, 2.24) is 5.32 Å². The summed E-state index contributed by atoms with van der Waals surface area (Å²) in [4.78, 5) is 0. The minimum absolute atomic E-state index is 0.197. The fourth-order valence-corrected chi connectivity index (χ4v) is 2.96. The van der Waals surface area contributed by atoms with Crippen LogP contribution in [0.25, 0.3) is 0 Å². The molecule has 1 N–H and O–H groups in total. The third kappa shape index (κ3) is 4.83. The van der Waals surface area contributed by atoms with Crippen LogP contribution in [0, 0.1) is 5.82 Å². The quantitative estimate of drug-likeness (QED) is 0.825. The largest absolute Gasteiger partial charge is 0.373 e. The second-order valence-corrected chi connectivity index (χ2v) is 6.39. The molecular weight excluding hydrogens is 321 g/mol. The smallest absolute Gasteiger partial charge is 0.129 e. The number of ether oxygens (including phenoxy) is 1. The Bertz CT molecular complexity index is 419. The summed E-state index contributed by atoms with van der Waals surface area (Å²) in [5.41, 5.74) is 0.638. The molecule has 1 fully saturated rings. The first kappa shape index (κ1) is 15.9. The minimum atomic E-state index is -0.197. The van der Waals surface area contributed by atoms with Crippen LogP contribution in [0.2, 0.25) is 0 Å². The number of benzene rings is 1. The van der Waals surface area contributed by atoms with Crippen LogP contribution in [0.5, 0.6) is 0 Å². The van der Waals surface area contributed by atoms with Gasteiger partial charge in [0, 0.05) is 16.1 Å². The Morgan fingerprint density at radius 2 is 2.05 bits per heavy atom. The van der Waals surface area contributed by atoms with E-state index in [0.717, 1.165) is 36.7 Å². The Hall–Kier alpha value is -0.450. The van der Waals surface area contributed by atoms with Gasteiger partial charge in [-0.2, -0.15) is 0 Å². The molecule has 20 heavy (non-hydrogen) atoms. The van der Waals surface area contributed by atoms with Gasteiger partial charge in [-0.1, -0.05) is 28.9 Å². The predicted octanol–water partition coefficient (Wildman–Crippen LogP) is 4.42. The molecule has 1 saturated carbocycles. The molecule has 0 bridgehead atoms. The molecule has 1 aromatic carbocycles. The van der Waals surface area contributed by atoms with Crippen LogP contribution in [0.15, 0.2) is 22.7 Å². The lowest BCUT2D eigenvalue weighted by atomic mass is 9.93. The molecule has 0 amide bonds. The number of hydrogen-bond acceptors (Lipinski definition) is 2. The lowest BCUT2D eigenvalue weighted by molar-refractivity contribution is 0.0101. The monoisotopic (exact) mass is 343 g/mol. The van der Waals surface area contributed by atoms with E-state index in [1.54, 1.807) is 6.07 Å². The molecule has 0 radical (unpaired) electrons. The Morgan fingerprint density at radius 1 is 1.30 bits per heavy atom. The summed E-state index contributed by atoms with van der Waals surface area (Å²) in [5, 5.41) is 3.56. The molecule has 0 saturated heterocycles. The van der Waals surface area contributed by atoms with Gasteiger partial charge in [0.05, 0.1) is 12.7 Å². The van der Waals surface area contributed by atoms with E-state index in [-0.39, 0.29) is 11.9 Å². The first-order valence-corrected chi connectivity index (χ1v) is 8.27. The highest BCUT2D eigenvalue weighted by molar-refractivity contribution is 9.10. The summed E-state index contributed by atoms with van der Waals surface area (Å²) in [6, 6.07) is 5.77. The highest BCUT2D eigenvalue weighted by Gasteiger charge is 2.21. The highest BCUT2D eigenvalue weighted by Crippen LogP contribution is 2.23. The molecule has 1 aliphatic carbocycles. The van der Waals surface area contributed by atoms with Crippen molar-refractivity contribution in [3.63, 3.8) is 0 Å². The van der Waals surface area contributed by atoms with Gasteiger partial charge in [-0.05, 0) is 50.8 Å². The van der Waals surface area contributed by atoms with Gasteiger partial charge in [-0.15, -0.1) is 0 Å². The fraction of sp³-hybridized carbons (Fsp3) is 0.625. The number of hydrogen-bond donors (Lipinski definition) is 1. The van der Waals surface area contributed by atoms with Gasteiger partial charge < -0.3 is 10.1 Å².